The maximum Gasteiger partial charge on any atom is 0.264 e. The Morgan fingerprint density at radius 1 is 1.17 bits per heavy atom. The van der Waals surface area contributed by atoms with Crippen LogP contribution in [-0.2, 0) is 19.4 Å². The average Bonchev–Trinajstić information content (AvgIpc) is 3.12. The number of nitrogens with zero attached hydrogens (tertiary/aromatic N) is 1. The van der Waals surface area contributed by atoms with Gasteiger partial charge >= 0.3 is 0 Å². The van der Waals surface area contributed by atoms with Crippen molar-refractivity contribution in [2.24, 2.45) is 0 Å². The Morgan fingerprint density at radius 2 is 1.93 bits per heavy atom. The maximum atomic E-state index is 13.4. The van der Waals surface area contributed by atoms with Crippen LogP contribution in [0.3, 0.4) is 0 Å². The van der Waals surface area contributed by atoms with Gasteiger partial charge in [-0.3, -0.25) is 9.59 Å². The van der Waals surface area contributed by atoms with Gasteiger partial charge in [0.1, 0.15) is 18.7 Å². The third kappa shape index (κ3) is 4.64. The van der Waals surface area contributed by atoms with Crippen molar-refractivity contribution >= 4 is 16.7 Å². The van der Waals surface area contributed by atoms with Crippen LogP contribution in [0.25, 0.3) is 10.9 Å². The normalized spacial score (nSPS) is 11.2. The van der Waals surface area contributed by atoms with E-state index in [1.165, 1.54) is 4.57 Å². The van der Waals surface area contributed by atoms with E-state index in [1.807, 2.05) is 19.1 Å². The Labute approximate surface area is 175 Å². The van der Waals surface area contributed by atoms with Gasteiger partial charge < -0.3 is 14.3 Å². The van der Waals surface area contributed by atoms with E-state index in [1.54, 1.807) is 24.3 Å². The van der Waals surface area contributed by atoms with Crippen LogP contribution in [0.1, 0.15) is 54.9 Å². The van der Waals surface area contributed by atoms with Crippen molar-refractivity contribution in [1.29, 1.82) is 0 Å². The third-order valence-electron chi connectivity index (χ3n) is 5.29. The van der Waals surface area contributed by atoms with Crippen molar-refractivity contribution in [2.75, 3.05) is 13.3 Å². The van der Waals surface area contributed by atoms with Crippen molar-refractivity contribution in [2.45, 2.75) is 52.5 Å². The van der Waals surface area contributed by atoms with Gasteiger partial charge in [0.15, 0.2) is 11.5 Å². The van der Waals surface area contributed by atoms with Gasteiger partial charge in [-0.2, -0.15) is 0 Å². The number of alkyl halides is 1. The molecular formula is C24H29FN2O3. The number of carbonyl (C=O) groups excluding carboxylic acids is 1. The van der Waals surface area contributed by atoms with Gasteiger partial charge in [0.05, 0.1) is 17.8 Å². The minimum Gasteiger partial charge on any atom is -0.488 e. The van der Waals surface area contributed by atoms with E-state index in [0.29, 0.717) is 28.6 Å². The fourth-order valence-electron chi connectivity index (χ4n) is 3.74. The van der Waals surface area contributed by atoms with Crippen molar-refractivity contribution in [3.63, 3.8) is 0 Å². The SMILES string of the molecule is CCCCCc1[nH]c2cc(CC)n(CC(=O)c3ccccc3)c(=O)c2c1OCCF. The number of carbonyl (C=O) groups is 1. The molecule has 0 aliphatic rings. The number of aromatic nitrogens is 2. The van der Waals surface area contributed by atoms with Crippen LogP contribution in [0.15, 0.2) is 41.2 Å². The van der Waals surface area contributed by atoms with E-state index in [9.17, 15) is 14.0 Å². The number of H-pyrrole nitrogens is 1. The smallest absolute Gasteiger partial charge is 0.264 e. The Morgan fingerprint density at radius 3 is 2.60 bits per heavy atom. The highest BCUT2D eigenvalue weighted by atomic mass is 19.1. The van der Waals surface area contributed by atoms with E-state index in [0.717, 1.165) is 37.1 Å². The zero-order chi connectivity index (χ0) is 21.5. The number of nitrogens with one attached hydrogen (secondary N) is 1. The Balaban J connectivity index is 2.07. The monoisotopic (exact) mass is 412 g/mol. The Kier molecular flexibility index (Phi) is 7.44. The van der Waals surface area contributed by atoms with Crippen molar-refractivity contribution in [1.82, 2.24) is 9.55 Å². The molecule has 1 aromatic carbocycles. The number of rotatable bonds is 11. The lowest BCUT2D eigenvalue weighted by Crippen LogP contribution is -2.27. The number of ether oxygens (including phenoxy) is 1. The van der Waals surface area contributed by atoms with Crippen molar-refractivity contribution in [3.8, 4) is 5.75 Å². The summed E-state index contributed by atoms with van der Waals surface area (Å²) < 4.78 is 20.0. The number of aromatic amines is 1. The molecule has 0 radical (unpaired) electrons. The van der Waals surface area contributed by atoms with Crippen LogP contribution in [0, 0.1) is 0 Å². The minimum absolute atomic E-state index is 0.0408. The highest BCUT2D eigenvalue weighted by Gasteiger charge is 2.20. The van der Waals surface area contributed by atoms with Crippen molar-refractivity contribution in [3.05, 3.63) is 63.7 Å². The predicted octanol–water partition coefficient (Wildman–Crippen LogP) is 4.86. The van der Waals surface area contributed by atoms with E-state index >= 15 is 0 Å². The van der Waals surface area contributed by atoms with E-state index < -0.39 is 6.67 Å². The molecule has 0 unspecified atom stereocenters. The fourth-order valence-corrected chi connectivity index (χ4v) is 3.74. The molecular weight excluding hydrogens is 383 g/mol. The molecule has 0 spiro atoms. The first kappa shape index (κ1) is 21.8. The maximum absolute atomic E-state index is 13.4. The topological polar surface area (TPSA) is 64.1 Å². The zero-order valence-corrected chi connectivity index (χ0v) is 17.7. The predicted molar refractivity (Wildman–Crippen MR) is 117 cm³/mol. The van der Waals surface area contributed by atoms with Gasteiger partial charge in [-0.15, -0.1) is 0 Å². The number of ketones is 1. The number of pyridine rings is 1. The van der Waals surface area contributed by atoms with Gasteiger partial charge in [0.25, 0.3) is 5.56 Å². The lowest BCUT2D eigenvalue weighted by Gasteiger charge is -2.12. The second kappa shape index (κ2) is 10.2. The summed E-state index contributed by atoms with van der Waals surface area (Å²) in [5.74, 6) is 0.295. The summed E-state index contributed by atoms with van der Waals surface area (Å²) >= 11 is 0. The summed E-state index contributed by atoms with van der Waals surface area (Å²) in [4.78, 5) is 29.5. The highest BCUT2D eigenvalue weighted by molar-refractivity contribution is 5.96. The molecule has 0 atom stereocenters. The molecule has 160 valence electrons. The molecule has 0 fully saturated rings. The molecule has 0 aliphatic heterocycles. The number of aryl methyl sites for hydroxylation is 2. The average molecular weight is 413 g/mol. The molecule has 0 amide bonds. The van der Waals surface area contributed by atoms with Crippen molar-refractivity contribution < 1.29 is 13.9 Å². The molecule has 1 N–H and O–H groups in total. The quantitative estimate of drug-likeness (QED) is 0.361. The Bertz CT molecular complexity index is 1050. The van der Waals surface area contributed by atoms with E-state index in [2.05, 4.69) is 11.9 Å². The lowest BCUT2D eigenvalue weighted by molar-refractivity contribution is 0.0970. The van der Waals surface area contributed by atoms with E-state index in [4.69, 9.17) is 4.74 Å². The van der Waals surface area contributed by atoms with Gasteiger partial charge in [0, 0.05) is 11.3 Å². The summed E-state index contributed by atoms with van der Waals surface area (Å²) in [6.45, 7) is 3.30. The number of halogens is 1. The second-order valence-corrected chi connectivity index (χ2v) is 7.39. The summed E-state index contributed by atoms with van der Waals surface area (Å²) in [5.41, 5.74) is 2.56. The van der Waals surface area contributed by atoms with Crippen LogP contribution in [-0.4, -0.2) is 28.6 Å². The van der Waals surface area contributed by atoms with Gasteiger partial charge in [-0.05, 0) is 25.3 Å². The number of benzene rings is 1. The first-order chi connectivity index (χ1) is 14.6. The zero-order valence-electron chi connectivity index (χ0n) is 17.7. The molecule has 3 aromatic rings. The van der Waals surface area contributed by atoms with Crippen LogP contribution < -0.4 is 10.3 Å². The summed E-state index contributed by atoms with van der Waals surface area (Å²) in [6, 6.07) is 10.8. The minimum atomic E-state index is -0.630. The standard InChI is InChI=1S/C24H29FN2O3/c1-3-5-7-12-19-23(30-14-13-25)22-20(26-19)15-18(4-2)27(24(22)29)16-21(28)17-10-8-6-9-11-17/h6,8-11,15,26H,3-5,7,12-14,16H2,1-2H3. The molecule has 0 saturated heterocycles. The molecule has 2 heterocycles. The summed E-state index contributed by atoms with van der Waals surface area (Å²) in [6.07, 6.45) is 4.44. The number of hydrogen-bond acceptors (Lipinski definition) is 3. The molecule has 30 heavy (non-hydrogen) atoms. The molecule has 0 saturated carbocycles. The van der Waals surface area contributed by atoms with Crippen LogP contribution in [0.2, 0.25) is 0 Å². The van der Waals surface area contributed by atoms with Crippen LogP contribution >= 0.6 is 0 Å². The van der Waals surface area contributed by atoms with E-state index in [-0.39, 0.29) is 24.5 Å². The lowest BCUT2D eigenvalue weighted by atomic mass is 10.1. The highest BCUT2D eigenvalue weighted by Crippen LogP contribution is 2.30. The summed E-state index contributed by atoms with van der Waals surface area (Å²) in [7, 11) is 0. The summed E-state index contributed by atoms with van der Waals surface area (Å²) in [5, 5.41) is 0.396. The molecule has 0 bridgehead atoms. The first-order valence-electron chi connectivity index (χ1n) is 10.6. The Hall–Kier alpha value is -2.89. The number of unbranched alkanes of at least 4 members (excludes halogenated alkanes) is 2. The van der Waals surface area contributed by atoms with Gasteiger partial charge in [-0.25, -0.2) is 4.39 Å². The second-order valence-electron chi connectivity index (χ2n) is 7.39. The van der Waals surface area contributed by atoms with Crippen LogP contribution in [0.5, 0.6) is 5.75 Å². The number of hydrogen-bond donors (Lipinski definition) is 1. The van der Waals surface area contributed by atoms with Crippen LogP contribution in [0.4, 0.5) is 4.39 Å². The molecule has 3 rings (SSSR count). The molecule has 5 nitrogen and oxygen atoms in total. The molecule has 6 heteroatoms. The number of fused-ring (bicyclic) bond motifs is 1. The molecule has 2 aromatic heterocycles. The van der Waals surface area contributed by atoms with Gasteiger partial charge in [0.2, 0.25) is 0 Å². The first-order valence-corrected chi connectivity index (χ1v) is 10.6. The van der Waals surface area contributed by atoms with Gasteiger partial charge in [-0.1, -0.05) is 57.0 Å². The fraction of sp³-hybridized carbons (Fsp3) is 0.417. The third-order valence-corrected chi connectivity index (χ3v) is 5.29. The largest absolute Gasteiger partial charge is 0.488 e. The number of Topliss-reactive ketones (excluding diaryl/α,β-unsaturated/α-hetero) is 1. The molecule has 0 aliphatic carbocycles.